The van der Waals surface area contributed by atoms with E-state index in [0.717, 1.165) is 0 Å². The van der Waals surface area contributed by atoms with E-state index in [9.17, 15) is 14.9 Å². The van der Waals surface area contributed by atoms with Gasteiger partial charge in [-0.2, -0.15) is 0 Å². The molecule has 0 bridgehead atoms. The Balaban J connectivity index is 2.70. The van der Waals surface area contributed by atoms with Crippen molar-refractivity contribution in [3.8, 4) is 0 Å². The highest BCUT2D eigenvalue weighted by Gasteiger charge is 2.10. The zero-order chi connectivity index (χ0) is 12.1. The second-order valence-corrected chi connectivity index (χ2v) is 3.30. The van der Waals surface area contributed by atoms with Gasteiger partial charge in [0.25, 0.3) is 5.69 Å². The van der Waals surface area contributed by atoms with E-state index < -0.39 is 10.9 Å². The molecule has 0 amide bonds. The molecule has 1 aromatic heterocycles. The summed E-state index contributed by atoms with van der Waals surface area (Å²) in [7, 11) is 0. The Morgan fingerprint density at radius 1 is 1.75 bits per heavy atom. The van der Waals surface area contributed by atoms with Gasteiger partial charge < -0.3 is 10.4 Å². The monoisotopic (exact) mass is 225 g/mol. The Bertz CT molecular complexity index is 407. The third-order valence-corrected chi connectivity index (χ3v) is 1.83. The van der Waals surface area contributed by atoms with Gasteiger partial charge in [-0.3, -0.25) is 14.9 Å². The first-order valence-electron chi connectivity index (χ1n) is 4.58. The van der Waals surface area contributed by atoms with Crippen LogP contribution in [0.2, 0.25) is 0 Å². The third-order valence-electron chi connectivity index (χ3n) is 1.83. The predicted molar refractivity (Wildman–Crippen MR) is 56.2 cm³/mol. The number of anilines is 1. The van der Waals surface area contributed by atoms with Crippen LogP contribution >= 0.6 is 0 Å². The van der Waals surface area contributed by atoms with Gasteiger partial charge >= 0.3 is 5.97 Å². The van der Waals surface area contributed by atoms with Crippen LogP contribution in [0.25, 0.3) is 0 Å². The zero-order valence-corrected chi connectivity index (χ0v) is 8.58. The maximum atomic E-state index is 10.5. The van der Waals surface area contributed by atoms with E-state index in [1.54, 1.807) is 6.92 Å². The van der Waals surface area contributed by atoms with Crippen LogP contribution in [-0.4, -0.2) is 27.0 Å². The van der Waals surface area contributed by atoms with Crippen molar-refractivity contribution in [2.45, 2.75) is 19.4 Å². The van der Waals surface area contributed by atoms with Gasteiger partial charge in [0.05, 0.1) is 17.4 Å². The van der Waals surface area contributed by atoms with Crippen LogP contribution in [0.1, 0.15) is 13.3 Å². The summed E-state index contributed by atoms with van der Waals surface area (Å²) in [5.74, 6) is -0.645. The highest BCUT2D eigenvalue weighted by molar-refractivity contribution is 5.68. The maximum Gasteiger partial charge on any atom is 0.305 e. The number of carbonyl (C=O) groups is 1. The minimum Gasteiger partial charge on any atom is -0.481 e. The summed E-state index contributed by atoms with van der Waals surface area (Å²) in [6.45, 7) is 1.66. The second kappa shape index (κ2) is 5.06. The number of hydrogen-bond acceptors (Lipinski definition) is 5. The lowest BCUT2D eigenvalue weighted by molar-refractivity contribution is -0.384. The molecule has 0 saturated heterocycles. The van der Waals surface area contributed by atoms with Crippen molar-refractivity contribution < 1.29 is 14.8 Å². The fraction of sp³-hybridized carbons (Fsp3) is 0.333. The number of aromatic nitrogens is 1. The van der Waals surface area contributed by atoms with E-state index in [1.807, 2.05) is 0 Å². The molecule has 1 heterocycles. The summed E-state index contributed by atoms with van der Waals surface area (Å²) in [4.78, 5) is 24.2. The zero-order valence-electron chi connectivity index (χ0n) is 8.58. The van der Waals surface area contributed by atoms with Crippen molar-refractivity contribution >= 4 is 17.5 Å². The molecule has 2 N–H and O–H groups in total. The van der Waals surface area contributed by atoms with Crippen molar-refractivity contribution in [1.29, 1.82) is 0 Å². The van der Waals surface area contributed by atoms with Gasteiger partial charge in [0, 0.05) is 18.3 Å². The molecule has 7 nitrogen and oxygen atoms in total. The molecule has 1 aromatic rings. The minimum atomic E-state index is -0.939. The van der Waals surface area contributed by atoms with Crippen LogP contribution in [0.5, 0.6) is 0 Å². The van der Waals surface area contributed by atoms with Crippen molar-refractivity contribution in [2.75, 3.05) is 5.32 Å². The standard InChI is InChI=1S/C9H11N3O4/c1-6(4-9(13)14)11-8-5-7(12(15)16)2-3-10-8/h2-3,5-6H,4H2,1H3,(H,10,11)(H,13,14). The summed E-state index contributed by atoms with van der Waals surface area (Å²) in [5.41, 5.74) is -0.0833. The Morgan fingerprint density at radius 2 is 2.44 bits per heavy atom. The molecule has 0 spiro atoms. The Labute approximate surface area is 91.3 Å². The number of aliphatic carboxylic acids is 1. The Morgan fingerprint density at radius 3 is 3.00 bits per heavy atom. The molecule has 0 aromatic carbocycles. The lowest BCUT2D eigenvalue weighted by Crippen LogP contribution is -2.19. The largest absolute Gasteiger partial charge is 0.481 e. The van der Waals surface area contributed by atoms with Gasteiger partial charge in [-0.15, -0.1) is 0 Å². The number of carboxylic acid groups (broad SMARTS) is 1. The summed E-state index contributed by atoms with van der Waals surface area (Å²) >= 11 is 0. The molecule has 0 aliphatic rings. The van der Waals surface area contributed by atoms with E-state index in [0.29, 0.717) is 5.82 Å². The SMILES string of the molecule is CC(CC(=O)O)Nc1cc([N+](=O)[O-])ccn1. The molecule has 7 heteroatoms. The molecule has 0 aliphatic carbocycles. The van der Waals surface area contributed by atoms with Crippen LogP contribution in [0, 0.1) is 10.1 Å². The van der Waals surface area contributed by atoms with E-state index in [4.69, 9.17) is 5.11 Å². The fourth-order valence-electron chi connectivity index (χ4n) is 1.18. The quantitative estimate of drug-likeness (QED) is 0.577. The summed E-state index contributed by atoms with van der Waals surface area (Å²) < 4.78 is 0. The molecule has 0 radical (unpaired) electrons. The molecular formula is C9H11N3O4. The van der Waals surface area contributed by atoms with Crippen molar-refractivity contribution in [1.82, 2.24) is 4.98 Å². The third kappa shape index (κ3) is 3.52. The topological polar surface area (TPSA) is 105 Å². The number of carboxylic acids is 1. The fourth-order valence-corrected chi connectivity index (χ4v) is 1.18. The number of rotatable bonds is 5. The number of hydrogen-bond donors (Lipinski definition) is 2. The maximum absolute atomic E-state index is 10.5. The van der Waals surface area contributed by atoms with Gasteiger partial charge in [0.2, 0.25) is 0 Å². The van der Waals surface area contributed by atoms with Crippen LogP contribution in [-0.2, 0) is 4.79 Å². The molecule has 1 unspecified atom stereocenters. The summed E-state index contributed by atoms with van der Waals surface area (Å²) in [6, 6.07) is 2.19. The average Bonchev–Trinajstić information content (AvgIpc) is 2.16. The Kier molecular flexibility index (Phi) is 3.76. The number of nitrogens with zero attached hydrogens (tertiary/aromatic N) is 2. The number of pyridine rings is 1. The second-order valence-electron chi connectivity index (χ2n) is 3.30. The van der Waals surface area contributed by atoms with E-state index in [-0.39, 0.29) is 18.2 Å². The average molecular weight is 225 g/mol. The van der Waals surface area contributed by atoms with Crippen molar-refractivity contribution in [3.05, 3.63) is 28.4 Å². The van der Waals surface area contributed by atoms with Gasteiger partial charge in [0.1, 0.15) is 5.82 Å². The lowest BCUT2D eigenvalue weighted by atomic mass is 10.2. The first-order chi connectivity index (χ1) is 7.49. The molecule has 0 aliphatic heterocycles. The first kappa shape index (κ1) is 11.9. The van der Waals surface area contributed by atoms with Crippen LogP contribution in [0.3, 0.4) is 0 Å². The van der Waals surface area contributed by atoms with Gasteiger partial charge in [-0.25, -0.2) is 4.98 Å². The highest BCUT2D eigenvalue weighted by atomic mass is 16.6. The molecular weight excluding hydrogens is 214 g/mol. The van der Waals surface area contributed by atoms with E-state index in [1.165, 1.54) is 18.3 Å². The minimum absolute atomic E-state index is 0.0790. The normalized spacial score (nSPS) is 11.8. The van der Waals surface area contributed by atoms with Crippen molar-refractivity contribution in [3.63, 3.8) is 0 Å². The van der Waals surface area contributed by atoms with Crippen molar-refractivity contribution in [2.24, 2.45) is 0 Å². The highest BCUT2D eigenvalue weighted by Crippen LogP contribution is 2.15. The molecule has 0 saturated carbocycles. The Hall–Kier alpha value is -2.18. The smallest absolute Gasteiger partial charge is 0.305 e. The number of nitrogens with one attached hydrogen (secondary N) is 1. The van der Waals surface area contributed by atoms with Crippen LogP contribution in [0.15, 0.2) is 18.3 Å². The predicted octanol–water partition coefficient (Wildman–Crippen LogP) is 1.26. The number of nitro groups is 1. The molecule has 16 heavy (non-hydrogen) atoms. The van der Waals surface area contributed by atoms with Crippen LogP contribution < -0.4 is 5.32 Å². The lowest BCUT2D eigenvalue weighted by Gasteiger charge is -2.11. The van der Waals surface area contributed by atoms with Gasteiger partial charge in [0.15, 0.2) is 0 Å². The van der Waals surface area contributed by atoms with Gasteiger partial charge in [-0.05, 0) is 6.92 Å². The van der Waals surface area contributed by atoms with E-state index >= 15 is 0 Å². The van der Waals surface area contributed by atoms with Gasteiger partial charge in [-0.1, -0.05) is 0 Å². The molecule has 86 valence electrons. The summed E-state index contributed by atoms with van der Waals surface area (Å²) in [6.07, 6.45) is 1.22. The molecule has 0 fully saturated rings. The first-order valence-corrected chi connectivity index (χ1v) is 4.58. The summed E-state index contributed by atoms with van der Waals surface area (Å²) in [5, 5.41) is 21.8. The van der Waals surface area contributed by atoms with Crippen LogP contribution in [0.4, 0.5) is 11.5 Å². The molecule has 1 rings (SSSR count). The van der Waals surface area contributed by atoms with E-state index in [2.05, 4.69) is 10.3 Å². The molecule has 1 atom stereocenters.